The molecule has 8 heteroatoms. The Morgan fingerprint density at radius 2 is 1.69 bits per heavy atom. The van der Waals surface area contributed by atoms with Crippen LogP contribution in [0.5, 0.6) is 0 Å². The minimum Gasteiger partial charge on any atom is -0.390 e. The maximum absolute atomic E-state index is 12.6. The lowest BCUT2D eigenvalue weighted by Crippen LogP contribution is -2.64. The molecule has 0 amide bonds. The summed E-state index contributed by atoms with van der Waals surface area (Å²) in [6.07, 6.45) is 8.01. The zero-order valence-electron chi connectivity index (χ0n) is 31.6. The van der Waals surface area contributed by atoms with E-state index in [9.17, 15) is 10.2 Å². The van der Waals surface area contributed by atoms with Crippen molar-refractivity contribution in [1.29, 1.82) is 0 Å². The first-order valence-electron chi connectivity index (χ1n) is 19.8. The van der Waals surface area contributed by atoms with E-state index in [2.05, 4.69) is 46.4 Å². The van der Waals surface area contributed by atoms with Crippen LogP contribution in [0.25, 0.3) is 0 Å². The van der Waals surface area contributed by atoms with E-state index >= 15 is 0 Å². The first kappa shape index (κ1) is 34.7. The Hall–Kier alpha value is -0.320. The Morgan fingerprint density at radius 3 is 2.35 bits per heavy atom. The minimum absolute atomic E-state index is 0.0198. The highest BCUT2D eigenvalue weighted by Crippen LogP contribution is 2.89. The highest BCUT2D eigenvalue weighted by atomic mass is 16.7. The molecule has 3 saturated heterocycles. The summed E-state index contributed by atoms with van der Waals surface area (Å²) in [5.74, 6) is 1.83. The lowest BCUT2D eigenvalue weighted by molar-refractivity contribution is -0.265. The maximum Gasteiger partial charge on any atom is 0.170 e. The van der Waals surface area contributed by atoms with Crippen molar-refractivity contribution < 1.29 is 33.9 Å². The van der Waals surface area contributed by atoms with E-state index in [1.54, 1.807) is 0 Å². The molecule has 0 bridgehead atoms. The second kappa shape index (κ2) is 11.1. The molecule has 1 unspecified atom stereocenters. The maximum atomic E-state index is 12.6. The number of fused-ring (bicyclic) bond motifs is 4. The zero-order valence-corrected chi connectivity index (χ0v) is 31.6. The van der Waals surface area contributed by atoms with Crippen molar-refractivity contribution in [2.75, 3.05) is 39.5 Å². The molecule has 8 fully saturated rings. The van der Waals surface area contributed by atoms with Crippen LogP contribution in [0.4, 0.5) is 0 Å². The summed E-state index contributed by atoms with van der Waals surface area (Å²) in [4.78, 5) is 2.53. The lowest BCUT2D eigenvalue weighted by Gasteiger charge is -2.64. The van der Waals surface area contributed by atoms with Crippen LogP contribution >= 0.6 is 0 Å². The first-order valence-corrected chi connectivity index (χ1v) is 19.8. The predicted octanol–water partition coefficient (Wildman–Crippen LogP) is 5.81. The number of aliphatic hydroxyl groups excluding tert-OH is 1. The summed E-state index contributed by atoms with van der Waals surface area (Å²) in [6.45, 7) is 25.0. The fraction of sp³-hybridized carbons (Fsp3) is 1.00. The molecule has 2 N–H and O–H groups in total. The second-order valence-electron chi connectivity index (χ2n) is 19.9. The summed E-state index contributed by atoms with van der Waals surface area (Å²) < 4.78 is 31.9. The molecule has 48 heavy (non-hydrogen) atoms. The standard InChI is InChI=1S/C40H67NO7/c1-10-45-33(35(5,6)43)25-19-24(2)30-31(47-25)32(42)38(9)27-12-11-26-34(3,4)28(13-14-39(26)21-40(27,39)16-15-37(30,38)8)48-29-20-41(17-18-46-29)36(7)22-44-23-36/h24-33,42-43H,10-23H2,1-9H3/t24-,25-,26+,27+,28+,29+,30+,31+,32+,33+,37-,38-,39?,40+/m1/s1. The number of hydrogen-bond acceptors (Lipinski definition) is 8. The van der Waals surface area contributed by atoms with Gasteiger partial charge in [-0.15, -0.1) is 0 Å². The Bertz CT molecular complexity index is 1250. The molecule has 3 heterocycles. The SMILES string of the molecule is CCO[C@@H]([C@H]1C[C@@H](C)[C@H]2[C@H](O1)[C@H](O)[C@@]1(C)[C@@H]3CC[C@H]4C(C)(C)[C@@H](O[C@H]5CN(C6(C)COC6)CCO5)CCC45C[C@@]35CC[C@]21C)C(C)(C)O. The van der Waals surface area contributed by atoms with Gasteiger partial charge in [0.15, 0.2) is 6.29 Å². The zero-order chi connectivity index (χ0) is 34.3. The molecule has 0 radical (unpaired) electrons. The van der Waals surface area contributed by atoms with Crippen LogP contribution in [0.1, 0.15) is 114 Å². The van der Waals surface area contributed by atoms with E-state index in [1.807, 2.05) is 20.8 Å². The van der Waals surface area contributed by atoms with Crippen molar-refractivity contribution >= 4 is 0 Å². The van der Waals surface area contributed by atoms with Crippen molar-refractivity contribution in [2.24, 2.45) is 50.7 Å². The van der Waals surface area contributed by atoms with Gasteiger partial charge in [-0.1, -0.05) is 34.6 Å². The number of morpholine rings is 1. The Kier molecular flexibility index (Phi) is 8.04. The first-order chi connectivity index (χ1) is 22.5. The number of hydrogen-bond donors (Lipinski definition) is 2. The van der Waals surface area contributed by atoms with Gasteiger partial charge >= 0.3 is 0 Å². The summed E-state index contributed by atoms with van der Waals surface area (Å²) in [7, 11) is 0. The molecule has 2 spiro atoms. The summed E-state index contributed by atoms with van der Waals surface area (Å²) in [5.41, 5.74) is -0.346. The molecule has 3 aliphatic heterocycles. The largest absolute Gasteiger partial charge is 0.390 e. The summed E-state index contributed by atoms with van der Waals surface area (Å²) in [6, 6.07) is 0. The normalized spacial score (nSPS) is 52.9. The third-order valence-electron chi connectivity index (χ3n) is 17.1. The summed E-state index contributed by atoms with van der Waals surface area (Å²) in [5, 5.41) is 23.7. The van der Waals surface area contributed by atoms with Gasteiger partial charge in [0.2, 0.25) is 0 Å². The molecule has 8 aliphatic rings. The smallest absolute Gasteiger partial charge is 0.170 e. The van der Waals surface area contributed by atoms with Gasteiger partial charge in [-0.25, -0.2) is 0 Å². The quantitative estimate of drug-likeness (QED) is 0.350. The van der Waals surface area contributed by atoms with E-state index in [0.717, 1.165) is 45.8 Å². The second-order valence-corrected chi connectivity index (χ2v) is 19.9. The van der Waals surface area contributed by atoms with Gasteiger partial charge in [-0.05, 0) is 124 Å². The Balaban J connectivity index is 1.02. The highest BCUT2D eigenvalue weighted by molar-refractivity contribution is 5.33. The van der Waals surface area contributed by atoms with E-state index in [1.165, 1.54) is 38.5 Å². The Labute approximate surface area is 290 Å². The van der Waals surface area contributed by atoms with E-state index in [-0.39, 0.29) is 46.4 Å². The highest BCUT2D eigenvalue weighted by Gasteiger charge is 2.84. The van der Waals surface area contributed by atoms with Crippen LogP contribution in [-0.2, 0) is 23.7 Å². The van der Waals surface area contributed by atoms with Crippen molar-refractivity contribution in [3.05, 3.63) is 0 Å². The molecule has 5 saturated carbocycles. The van der Waals surface area contributed by atoms with Crippen LogP contribution in [-0.4, -0.2) is 103 Å². The molecular weight excluding hydrogens is 606 g/mol. The molecule has 274 valence electrons. The number of ether oxygens (including phenoxy) is 5. The van der Waals surface area contributed by atoms with Crippen LogP contribution < -0.4 is 0 Å². The molecule has 0 aromatic carbocycles. The number of rotatable bonds is 7. The topological polar surface area (TPSA) is 89.9 Å². The molecule has 0 aromatic rings. The molecule has 8 rings (SSSR count). The number of aliphatic hydroxyl groups is 2. The van der Waals surface area contributed by atoms with Gasteiger partial charge in [0.25, 0.3) is 0 Å². The van der Waals surface area contributed by atoms with Crippen LogP contribution in [0.2, 0.25) is 0 Å². The van der Waals surface area contributed by atoms with Crippen LogP contribution in [0.15, 0.2) is 0 Å². The van der Waals surface area contributed by atoms with Gasteiger partial charge in [-0.2, -0.15) is 0 Å². The molecule has 0 aromatic heterocycles. The van der Waals surface area contributed by atoms with E-state index in [0.29, 0.717) is 41.1 Å². The fourth-order valence-corrected chi connectivity index (χ4v) is 14.7. The lowest BCUT2D eigenvalue weighted by atomic mass is 9.41. The minimum atomic E-state index is -1.01. The summed E-state index contributed by atoms with van der Waals surface area (Å²) >= 11 is 0. The molecular formula is C40H67NO7. The predicted molar refractivity (Wildman–Crippen MR) is 183 cm³/mol. The van der Waals surface area contributed by atoms with Crippen LogP contribution in [0, 0.1) is 50.7 Å². The van der Waals surface area contributed by atoms with Crippen molar-refractivity contribution in [1.82, 2.24) is 4.90 Å². The molecule has 5 aliphatic carbocycles. The monoisotopic (exact) mass is 673 g/mol. The van der Waals surface area contributed by atoms with Crippen LogP contribution in [0.3, 0.4) is 0 Å². The average Bonchev–Trinajstić information content (AvgIpc) is 3.64. The van der Waals surface area contributed by atoms with Gasteiger partial charge in [0.05, 0.1) is 61.9 Å². The van der Waals surface area contributed by atoms with E-state index < -0.39 is 17.8 Å². The van der Waals surface area contributed by atoms with Gasteiger partial charge in [0, 0.05) is 18.6 Å². The molecule has 14 atom stereocenters. The van der Waals surface area contributed by atoms with Crippen molar-refractivity contribution in [3.63, 3.8) is 0 Å². The van der Waals surface area contributed by atoms with E-state index in [4.69, 9.17) is 23.7 Å². The van der Waals surface area contributed by atoms with Gasteiger partial charge in [0.1, 0.15) is 6.10 Å². The van der Waals surface area contributed by atoms with Crippen molar-refractivity contribution in [3.8, 4) is 0 Å². The van der Waals surface area contributed by atoms with Gasteiger partial charge < -0.3 is 33.9 Å². The van der Waals surface area contributed by atoms with Gasteiger partial charge in [-0.3, -0.25) is 4.90 Å². The molecule has 8 nitrogen and oxygen atoms in total. The fourth-order valence-electron chi connectivity index (χ4n) is 14.7. The average molecular weight is 674 g/mol. The number of nitrogens with zero attached hydrogens (tertiary/aromatic N) is 1. The van der Waals surface area contributed by atoms with Crippen molar-refractivity contribution in [2.45, 2.75) is 162 Å². The third-order valence-corrected chi connectivity index (χ3v) is 17.1. The Morgan fingerprint density at radius 1 is 0.979 bits per heavy atom. The third kappa shape index (κ3) is 4.48.